The van der Waals surface area contributed by atoms with Crippen LogP contribution in [-0.4, -0.2) is 44.1 Å². The van der Waals surface area contributed by atoms with Crippen molar-refractivity contribution in [3.05, 3.63) is 261 Å². The number of urea groups is 4. The van der Waals surface area contributed by atoms with E-state index in [1.165, 1.54) is 0 Å². The first-order valence-electron chi connectivity index (χ1n) is 28.7. The Morgan fingerprint density at radius 3 is 0.685 bits per heavy atom. The lowest BCUT2D eigenvalue weighted by molar-refractivity contribution is 0.261. The summed E-state index contributed by atoms with van der Waals surface area (Å²) in [4.78, 5) is 74.5. The molecular weight excluding hydrogens is 1240 g/mol. The van der Waals surface area contributed by atoms with Crippen LogP contribution in [0.15, 0.2) is 218 Å². The Morgan fingerprint density at radius 1 is 0.261 bits per heavy atom. The van der Waals surface area contributed by atoms with E-state index in [0.29, 0.717) is 155 Å². The molecule has 0 spiro atoms. The predicted molar refractivity (Wildman–Crippen MR) is 377 cm³/mol. The number of hydrogen-bond acceptors (Lipinski definition) is 6. The first kappa shape index (κ1) is 59.6. The van der Waals surface area contributed by atoms with Gasteiger partial charge in [0.2, 0.25) is 0 Å². The molecular formula is C72H50Cl4N12O4. The van der Waals surface area contributed by atoms with Crippen molar-refractivity contribution >= 4 is 162 Å². The molecule has 10 N–H and O–H groups in total. The van der Waals surface area contributed by atoms with Gasteiger partial charge in [-0.15, -0.1) is 0 Å². The summed E-state index contributed by atoms with van der Waals surface area (Å²) in [6.45, 7) is 0. The normalized spacial score (nSPS) is 11.3. The Balaban J connectivity index is 1.07. The Kier molecular flexibility index (Phi) is 17.1. The maximum absolute atomic E-state index is 14.0. The summed E-state index contributed by atoms with van der Waals surface area (Å²) in [6.07, 6.45) is 7.62. The molecule has 0 saturated heterocycles. The highest BCUT2D eigenvalue weighted by Crippen LogP contribution is 2.43. The molecule has 0 fully saturated rings. The van der Waals surface area contributed by atoms with Crippen molar-refractivity contribution in [3.63, 3.8) is 0 Å². The minimum Gasteiger partial charge on any atom is -0.354 e. The van der Waals surface area contributed by atoms with Crippen LogP contribution in [-0.2, 0) is 0 Å². The quantitative estimate of drug-likeness (QED) is 0.0573. The number of aromatic amines is 2. The summed E-state index contributed by atoms with van der Waals surface area (Å²) in [7, 11) is 0. The standard InChI is InChI=1S/C72H50Cl4N12O4/c73-41-17-25-45(26-18-41)77-69(89)85-53-13-5-1-9-49(53)65-57-33-35-59(81-57)66(50-10-2-6-14-54(50)86-70(90)78-46-27-19-42(74)20-28-46)61-37-39-63(83-61)68(52-12-4-8-16-56(52)88-72(92)80-48-31-23-44(76)24-32-48)64-40-38-62(84-64)67(60-36-34-58(65)82-60)51-11-3-7-15-55(51)87-71(91)79-47-29-21-43(75)22-30-47/h1-40,81,84H,(H2,77,85,89)(H2,78,86,90)(H2,79,87,91)(H2,80,88,92). The molecule has 8 bridgehead atoms. The predicted octanol–water partition coefficient (Wildman–Crippen LogP) is 20.5. The zero-order valence-electron chi connectivity index (χ0n) is 48.1. The van der Waals surface area contributed by atoms with E-state index in [0.717, 1.165) is 0 Å². The zero-order chi connectivity index (χ0) is 63.2. The van der Waals surface area contributed by atoms with Gasteiger partial charge in [0, 0.05) is 109 Å². The average Bonchev–Trinajstić information content (AvgIpc) is 1.61. The van der Waals surface area contributed by atoms with Crippen LogP contribution in [0.1, 0.15) is 22.8 Å². The fourth-order valence-electron chi connectivity index (χ4n) is 10.9. The number of aromatic nitrogens is 4. The molecule has 0 atom stereocenters. The van der Waals surface area contributed by atoms with Crippen LogP contribution < -0.4 is 42.5 Å². The van der Waals surface area contributed by atoms with Gasteiger partial charge in [-0.25, -0.2) is 29.1 Å². The number of para-hydroxylation sites is 4. The van der Waals surface area contributed by atoms with Crippen molar-refractivity contribution in [2.75, 3.05) is 42.5 Å². The van der Waals surface area contributed by atoms with Gasteiger partial charge in [-0.2, -0.15) is 0 Å². The Bertz CT molecular complexity index is 4340. The number of benzene rings is 8. The van der Waals surface area contributed by atoms with Gasteiger partial charge >= 0.3 is 24.1 Å². The van der Waals surface area contributed by atoms with E-state index < -0.39 is 24.1 Å². The Hall–Kier alpha value is -11.4. The molecule has 2 aliphatic rings. The largest absolute Gasteiger partial charge is 0.354 e. The van der Waals surface area contributed by atoms with Crippen LogP contribution in [0.4, 0.5) is 64.7 Å². The van der Waals surface area contributed by atoms with Crippen molar-refractivity contribution in [1.29, 1.82) is 0 Å². The van der Waals surface area contributed by atoms with Crippen LogP contribution >= 0.6 is 46.4 Å². The van der Waals surface area contributed by atoms with Gasteiger partial charge in [0.25, 0.3) is 0 Å². The molecule has 0 saturated carbocycles. The minimum absolute atomic E-state index is 0.455. The lowest BCUT2D eigenvalue weighted by Crippen LogP contribution is -2.19. The second kappa shape index (κ2) is 26.4. The Labute approximate surface area is 546 Å². The fraction of sp³-hybridized carbons (Fsp3) is 0. The smallest absolute Gasteiger partial charge is 0.323 e. The van der Waals surface area contributed by atoms with E-state index >= 15 is 0 Å². The molecule has 8 amide bonds. The number of hydrogen-bond donors (Lipinski definition) is 10. The van der Waals surface area contributed by atoms with E-state index in [1.54, 1.807) is 97.1 Å². The first-order valence-corrected chi connectivity index (χ1v) is 30.2. The lowest BCUT2D eigenvalue weighted by Gasteiger charge is -2.15. The summed E-state index contributed by atoms with van der Waals surface area (Å²) in [6, 6.07) is 62.6. The third kappa shape index (κ3) is 13.3. The molecule has 8 aromatic carbocycles. The number of H-pyrrole nitrogens is 2. The average molecular weight is 1290 g/mol. The van der Waals surface area contributed by atoms with E-state index in [4.69, 9.17) is 56.4 Å². The van der Waals surface area contributed by atoms with E-state index in [2.05, 4.69) is 52.5 Å². The van der Waals surface area contributed by atoms with Gasteiger partial charge in [0.1, 0.15) is 0 Å². The van der Waals surface area contributed by atoms with Crippen molar-refractivity contribution in [2.24, 2.45) is 0 Å². The van der Waals surface area contributed by atoms with E-state index in [1.807, 2.05) is 146 Å². The molecule has 3 aromatic heterocycles. The highest BCUT2D eigenvalue weighted by atomic mass is 35.5. The molecule has 13 rings (SSSR count). The van der Waals surface area contributed by atoms with Crippen molar-refractivity contribution < 1.29 is 19.2 Å². The lowest BCUT2D eigenvalue weighted by atomic mass is 10.0. The fourth-order valence-corrected chi connectivity index (χ4v) is 11.4. The molecule has 2 aliphatic heterocycles. The summed E-state index contributed by atoms with van der Waals surface area (Å²) >= 11 is 24.8. The van der Waals surface area contributed by atoms with Gasteiger partial charge in [0.05, 0.1) is 45.5 Å². The third-order valence-electron chi connectivity index (χ3n) is 14.9. The highest BCUT2D eigenvalue weighted by Gasteiger charge is 2.24. The summed E-state index contributed by atoms with van der Waals surface area (Å²) in [5.41, 5.74) is 13.1. The number of halogens is 4. The molecule has 0 unspecified atom stereocenters. The number of nitrogens with one attached hydrogen (secondary N) is 10. The van der Waals surface area contributed by atoms with Gasteiger partial charge < -0.3 is 52.5 Å². The van der Waals surface area contributed by atoms with Gasteiger partial charge in [-0.05, 0) is 170 Å². The molecule has 92 heavy (non-hydrogen) atoms. The van der Waals surface area contributed by atoms with Crippen LogP contribution in [0.2, 0.25) is 20.1 Å². The van der Waals surface area contributed by atoms with Gasteiger partial charge in [-0.3, -0.25) is 0 Å². The summed E-state index contributed by atoms with van der Waals surface area (Å²) in [5, 5.41) is 26.1. The Morgan fingerprint density at radius 2 is 0.467 bits per heavy atom. The van der Waals surface area contributed by atoms with E-state index in [9.17, 15) is 19.2 Å². The topological polar surface area (TPSA) is 222 Å². The SMILES string of the molecule is O=C(Nc1ccc(Cl)cc1)Nc1ccccc1-c1c2nc(c(-c3ccccc3NC(=O)Nc3ccc(Cl)cc3)c3ccc([nH]3)c(-c3ccccc3NC(=O)Nc3ccc(Cl)cc3)c3nc(c(-c4ccccc4NC(=O)Nc4ccc(Cl)cc4)c4ccc1[nH]4)C=C3)C=C2. The maximum Gasteiger partial charge on any atom is 0.323 e. The number of carbonyl (C=O) groups is 4. The molecule has 450 valence electrons. The number of rotatable bonds is 12. The number of nitrogens with zero attached hydrogens (tertiary/aromatic N) is 2. The van der Waals surface area contributed by atoms with Gasteiger partial charge in [-0.1, -0.05) is 119 Å². The molecule has 11 aromatic rings. The molecule has 16 nitrogen and oxygen atoms in total. The number of anilines is 8. The second-order valence-corrected chi connectivity index (χ2v) is 22.8. The number of fused-ring (bicyclic) bond motifs is 8. The third-order valence-corrected chi connectivity index (χ3v) is 15.9. The summed E-state index contributed by atoms with van der Waals surface area (Å²) < 4.78 is 0. The minimum atomic E-state index is -0.507. The number of carbonyl (C=O) groups excluding carboxylic acids is 4. The molecule has 0 aliphatic carbocycles. The summed E-state index contributed by atoms with van der Waals surface area (Å²) in [5.74, 6) is 0. The zero-order valence-corrected chi connectivity index (χ0v) is 51.2. The van der Waals surface area contributed by atoms with Crippen molar-refractivity contribution in [2.45, 2.75) is 0 Å². The second-order valence-electron chi connectivity index (χ2n) is 21.0. The number of amides is 8. The monoisotopic (exact) mass is 1290 g/mol. The van der Waals surface area contributed by atoms with Crippen molar-refractivity contribution in [3.8, 4) is 44.5 Å². The first-order chi connectivity index (χ1) is 44.8. The molecule has 5 heterocycles. The van der Waals surface area contributed by atoms with Crippen molar-refractivity contribution in [1.82, 2.24) is 19.9 Å². The molecule has 20 heteroatoms. The van der Waals surface area contributed by atoms with Gasteiger partial charge in [0.15, 0.2) is 0 Å². The van der Waals surface area contributed by atoms with Crippen LogP contribution in [0.3, 0.4) is 0 Å². The van der Waals surface area contributed by atoms with Crippen LogP contribution in [0.25, 0.3) is 90.9 Å². The van der Waals surface area contributed by atoms with E-state index in [-0.39, 0.29) is 0 Å². The maximum atomic E-state index is 14.0. The van der Waals surface area contributed by atoms with Crippen LogP contribution in [0.5, 0.6) is 0 Å². The van der Waals surface area contributed by atoms with Crippen LogP contribution in [0, 0.1) is 0 Å². The molecule has 0 radical (unpaired) electrons. The highest BCUT2D eigenvalue weighted by molar-refractivity contribution is 6.31.